The Labute approximate surface area is 195 Å². The number of carbonyl (C=O) groups excluding carboxylic acids is 3. The first-order chi connectivity index (χ1) is 15.8. The lowest BCUT2D eigenvalue weighted by Gasteiger charge is -2.49. The van der Waals surface area contributed by atoms with Gasteiger partial charge in [0.15, 0.2) is 0 Å². The van der Waals surface area contributed by atoms with Crippen molar-refractivity contribution in [2.45, 2.75) is 24.8 Å². The standard InChI is InChI=1S/C20H18N4O7S2/c1-9(25)31-6-10-7-33-19-15(18(28)24(19)16(10)20(29)30)23-13(27)5-11-8-32-17(22-11)14-12(26)3-2-4-21-14/h2-4,8,15,19,26H,5-7H2,1H3,(H,23,27)(H,29,30)/t15-,19-/m1/s1. The molecule has 2 aromatic heterocycles. The molecule has 2 aliphatic heterocycles. The SMILES string of the molecule is CC(=O)OCC1=C(C(=O)O)N2C(=O)[C@@H](NC(=O)Cc3csc(-c4ncccc4O)n3)[C@H]2SC1. The Morgan fingerprint density at radius 1 is 1.36 bits per heavy atom. The molecule has 4 rings (SSSR count). The van der Waals surface area contributed by atoms with Gasteiger partial charge in [-0.2, -0.15) is 0 Å². The van der Waals surface area contributed by atoms with Crippen molar-refractivity contribution >= 4 is 46.9 Å². The molecule has 2 aliphatic rings. The Morgan fingerprint density at radius 2 is 2.15 bits per heavy atom. The minimum absolute atomic E-state index is 0.0207. The van der Waals surface area contributed by atoms with Crippen LogP contribution >= 0.6 is 23.1 Å². The zero-order valence-corrected chi connectivity index (χ0v) is 18.8. The number of ether oxygens (including phenoxy) is 1. The summed E-state index contributed by atoms with van der Waals surface area (Å²) in [6, 6.07) is 2.21. The van der Waals surface area contributed by atoms with E-state index < -0.39 is 35.2 Å². The molecular formula is C20H18N4O7S2. The van der Waals surface area contributed by atoms with Crippen LogP contribution in [0.2, 0.25) is 0 Å². The quantitative estimate of drug-likeness (QED) is 0.373. The van der Waals surface area contributed by atoms with E-state index in [1.807, 2.05) is 0 Å². The number of thioether (sulfide) groups is 1. The average Bonchev–Trinajstić information content (AvgIpc) is 3.23. The molecule has 2 amide bonds. The third kappa shape index (κ3) is 4.54. The second-order valence-electron chi connectivity index (χ2n) is 7.18. The Hall–Kier alpha value is -3.45. The zero-order chi connectivity index (χ0) is 23.7. The normalized spacial score (nSPS) is 19.5. The number of carbonyl (C=O) groups is 4. The van der Waals surface area contributed by atoms with E-state index in [2.05, 4.69) is 15.3 Å². The Balaban J connectivity index is 1.41. The second kappa shape index (κ2) is 9.19. The van der Waals surface area contributed by atoms with Crippen molar-refractivity contribution in [3.63, 3.8) is 0 Å². The van der Waals surface area contributed by atoms with Crippen LogP contribution in [0.3, 0.4) is 0 Å². The highest BCUT2D eigenvalue weighted by Gasteiger charge is 2.54. The number of hydrogen-bond acceptors (Lipinski definition) is 10. The van der Waals surface area contributed by atoms with Crippen molar-refractivity contribution in [1.82, 2.24) is 20.2 Å². The van der Waals surface area contributed by atoms with Crippen molar-refractivity contribution in [3.8, 4) is 16.5 Å². The number of aliphatic carboxylic acids is 1. The average molecular weight is 491 g/mol. The number of thiazole rings is 1. The van der Waals surface area contributed by atoms with Gasteiger partial charge in [-0.3, -0.25) is 19.3 Å². The van der Waals surface area contributed by atoms with Gasteiger partial charge in [0.05, 0.1) is 12.1 Å². The van der Waals surface area contributed by atoms with Crippen LogP contribution in [-0.2, 0) is 30.3 Å². The van der Waals surface area contributed by atoms with Crippen LogP contribution in [0.15, 0.2) is 35.0 Å². The summed E-state index contributed by atoms with van der Waals surface area (Å²) in [5.41, 5.74) is 0.877. The summed E-state index contributed by atoms with van der Waals surface area (Å²) >= 11 is 2.51. The lowest BCUT2D eigenvalue weighted by atomic mass is 10.0. The smallest absolute Gasteiger partial charge is 0.352 e. The van der Waals surface area contributed by atoms with Crippen LogP contribution in [0, 0.1) is 0 Å². The van der Waals surface area contributed by atoms with Gasteiger partial charge in [0.1, 0.15) is 40.2 Å². The molecule has 11 nitrogen and oxygen atoms in total. The van der Waals surface area contributed by atoms with E-state index in [1.165, 1.54) is 42.3 Å². The van der Waals surface area contributed by atoms with E-state index in [0.717, 1.165) is 4.90 Å². The number of nitrogens with zero attached hydrogens (tertiary/aromatic N) is 3. The van der Waals surface area contributed by atoms with E-state index in [4.69, 9.17) is 4.74 Å². The summed E-state index contributed by atoms with van der Waals surface area (Å²) in [5.74, 6) is -2.61. The van der Waals surface area contributed by atoms with Crippen LogP contribution in [0.4, 0.5) is 0 Å². The third-order valence-electron chi connectivity index (χ3n) is 4.90. The molecule has 1 fully saturated rings. The maximum absolute atomic E-state index is 12.7. The van der Waals surface area contributed by atoms with Gasteiger partial charge in [-0.15, -0.1) is 23.1 Å². The van der Waals surface area contributed by atoms with Crippen LogP contribution in [0.5, 0.6) is 5.75 Å². The van der Waals surface area contributed by atoms with Gasteiger partial charge in [-0.25, -0.2) is 14.8 Å². The minimum Gasteiger partial charge on any atom is -0.506 e. The number of carboxylic acids is 1. The predicted octanol–water partition coefficient (Wildman–Crippen LogP) is 0.755. The molecule has 3 N–H and O–H groups in total. The molecule has 172 valence electrons. The first-order valence-corrected chi connectivity index (χ1v) is 11.6. The van der Waals surface area contributed by atoms with Gasteiger partial charge in [-0.1, -0.05) is 0 Å². The molecule has 4 heterocycles. The molecule has 0 spiro atoms. The first-order valence-electron chi connectivity index (χ1n) is 9.67. The number of carboxylic acid groups (broad SMARTS) is 1. The summed E-state index contributed by atoms with van der Waals surface area (Å²) in [7, 11) is 0. The molecule has 0 unspecified atom stereocenters. The van der Waals surface area contributed by atoms with E-state index in [9.17, 15) is 29.4 Å². The van der Waals surface area contributed by atoms with Crippen molar-refractivity contribution < 1.29 is 34.1 Å². The number of nitrogens with one attached hydrogen (secondary N) is 1. The molecule has 0 aliphatic carbocycles. The molecule has 33 heavy (non-hydrogen) atoms. The van der Waals surface area contributed by atoms with Crippen LogP contribution in [-0.4, -0.2) is 72.6 Å². The highest BCUT2D eigenvalue weighted by Crippen LogP contribution is 2.40. The number of pyridine rings is 1. The Bertz CT molecular complexity index is 1180. The van der Waals surface area contributed by atoms with Crippen molar-refractivity contribution in [2.75, 3.05) is 12.4 Å². The first kappa shape index (κ1) is 22.7. The highest BCUT2D eigenvalue weighted by molar-refractivity contribution is 8.00. The van der Waals surface area contributed by atoms with E-state index in [1.54, 1.807) is 11.4 Å². The summed E-state index contributed by atoms with van der Waals surface area (Å²) in [4.78, 5) is 57.5. The molecule has 0 aromatic carbocycles. The second-order valence-corrected chi connectivity index (χ2v) is 9.15. The number of amides is 2. The molecule has 0 saturated carbocycles. The maximum Gasteiger partial charge on any atom is 0.352 e. The fraction of sp³-hybridized carbons (Fsp3) is 0.300. The largest absolute Gasteiger partial charge is 0.506 e. The number of fused-ring (bicyclic) bond motifs is 1. The van der Waals surface area contributed by atoms with Gasteiger partial charge in [-0.05, 0) is 12.1 Å². The van der Waals surface area contributed by atoms with Crippen molar-refractivity contribution in [1.29, 1.82) is 0 Å². The van der Waals surface area contributed by atoms with Gasteiger partial charge in [0.25, 0.3) is 5.91 Å². The number of hydrogen-bond donors (Lipinski definition) is 3. The van der Waals surface area contributed by atoms with Gasteiger partial charge >= 0.3 is 11.9 Å². The maximum atomic E-state index is 12.7. The molecular weight excluding hydrogens is 472 g/mol. The molecule has 1 saturated heterocycles. The number of β-lactam (4-membered cyclic amide) rings is 1. The molecule has 13 heteroatoms. The lowest BCUT2D eigenvalue weighted by Crippen LogP contribution is -2.70. The number of esters is 1. The highest BCUT2D eigenvalue weighted by atomic mass is 32.2. The summed E-state index contributed by atoms with van der Waals surface area (Å²) in [5, 5.41) is 23.7. The van der Waals surface area contributed by atoms with E-state index >= 15 is 0 Å². The zero-order valence-electron chi connectivity index (χ0n) is 17.2. The Kier molecular flexibility index (Phi) is 6.33. The third-order valence-corrected chi connectivity index (χ3v) is 7.14. The van der Waals surface area contributed by atoms with Gasteiger partial charge in [0.2, 0.25) is 5.91 Å². The number of rotatable bonds is 7. The minimum atomic E-state index is -1.30. The molecule has 0 bridgehead atoms. The molecule has 2 atom stereocenters. The number of aromatic hydroxyl groups is 1. The van der Waals surface area contributed by atoms with Crippen LogP contribution in [0.25, 0.3) is 10.7 Å². The summed E-state index contributed by atoms with van der Waals surface area (Å²) in [6.07, 6.45) is 1.43. The van der Waals surface area contributed by atoms with E-state index in [0.29, 0.717) is 22.0 Å². The molecule has 2 aromatic rings. The number of aromatic nitrogens is 2. The fourth-order valence-electron chi connectivity index (χ4n) is 3.43. The topological polar surface area (TPSA) is 159 Å². The van der Waals surface area contributed by atoms with Gasteiger partial charge < -0.3 is 20.3 Å². The lowest BCUT2D eigenvalue weighted by molar-refractivity contribution is -0.151. The van der Waals surface area contributed by atoms with Crippen molar-refractivity contribution in [3.05, 3.63) is 40.7 Å². The summed E-state index contributed by atoms with van der Waals surface area (Å²) in [6.45, 7) is 1.000. The predicted molar refractivity (Wildman–Crippen MR) is 117 cm³/mol. The monoisotopic (exact) mass is 490 g/mol. The summed E-state index contributed by atoms with van der Waals surface area (Å²) < 4.78 is 4.90. The van der Waals surface area contributed by atoms with Crippen LogP contribution in [0.1, 0.15) is 12.6 Å². The fourth-order valence-corrected chi connectivity index (χ4v) is 5.58. The molecule has 0 radical (unpaired) electrons. The van der Waals surface area contributed by atoms with Gasteiger partial charge in [0, 0.05) is 29.8 Å². The Morgan fingerprint density at radius 3 is 2.85 bits per heavy atom. The van der Waals surface area contributed by atoms with E-state index in [-0.39, 0.29) is 30.2 Å². The van der Waals surface area contributed by atoms with Crippen molar-refractivity contribution in [2.24, 2.45) is 0 Å². The van der Waals surface area contributed by atoms with Crippen LogP contribution < -0.4 is 5.32 Å².